The summed E-state index contributed by atoms with van der Waals surface area (Å²) in [4.78, 5) is 34.2. The van der Waals surface area contributed by atoms with Crippen LogP contribution in [0, 0.1) is 5.41 Å². The first-order valence-electron chi connectivity index (χ1n) is 12.7. The second-order valence-electron chi connectivity index (χ2n) is 10.1. The smallest absolute Gasteiger partial charge is 0.304 e. The molecule has 1 saturated heterocycles. The number of carboxylic acid groups (broad SMARTS) is 1. The van der Waals surface area contributed by atoms with Crippen LogP contribution in [0.5, 0.6) is 0 Å². The molecule has 0 radical (unpaired) electrons. The normalized spacial score (nSPS) is 17.1. The van der Waals surface area contributed by atoms with Crippen molar-refractivity contribution in [1.29, 1.82) is 0 Å². The Hall–Kier alpha value is -3.04. The number of anilines is 1. The molecule has 0 bridgehead atoms. The van der Waals surface area contributed by atoms with Crippen LogP contribution < -0.4 is 4.90 Å². The standard InChI is InChI=1S/C27H33N5O3S/c1-30(25(35)27(16-24(33)34)14-20-8-3-4-9-21(20)15-27)26-29-23(19-36-26)22-17-28-32(18-22)13-7-12-31-10-5-2-6-11-31/h3-4,8-9,17-19H,2,5-7,10-16H2,1H3,(H,33,34). The summed E-state index contributed by atoms with van der Waals surface area (Å²) >= 11 is 1.39. The second-order valence-corrected chi connectivity index (χ2v) is 10.9. The van der Waals surface area contributed by atoms with Gasteiger partial charge in [-0.15, -0.1) is 11.3 Å². The molecule has 0 unspecified atom stereocenters. The summed E-state index contributed by atoms with van der Waals surface area (Å²) in [7, 11) is 1.70. The number of aryl methyl sites for hydroxylation is 1. The van der Waals surface area contributed by atoms with Gasteiger partial charge in [0.15, 0.2) is 5.13 Å². The monoisotopic (exact) mass is 507 g/mol. The Bertz CT molecular complexity index is 1200. The van der Waals surface area contributed by atoms with E-state index in [1.165, 1.54) is 48.6 Å². The number of hydrogen-bond acceptors (Lipinski definition) is 6. The van der Waals surface area contributed by atoms with Gasteiger partial charge in [0, 0.05) is 30.7 Å². The van der Waals surface area contributed by atoms with Gasteiger partial charge in [0.05, 0.1) is 23.7 Å². The summed E-state index contributed by atoms with van der Waals surface area (Å²) in [6.07, 6.45) is 9.52. The summed E-state index contributed by atoms with van der Waals surface area (Å²) < 4.78 is 1.96. The maximum absolute atomic E-state index is 13.7. The highest BCUT2D eigenvalue weighted by Crippen LogP contribution is 2.42. The average molecular weight is 508 g/mol. The van der Waals surface area contributed by atoms with E-state index in [9.17, 15) is 14.7 Å². The molecule has 1 aliphatic heterocycles. The van der Waals surface area contributed by atoms with Crippen LogP contribution in [0.4, 0.5) is 5.13 Å². The second kappa shape index (κ2) is 10.5. The fourth-order valence-electron chi connectivity index (χ4n) is 5.59. The molecule has 5 rings (SSSR count). The Balaban J connectivity index is 1.25. The van der Waals surface area contributed by atoms with Crippen LogP contribution in [0.25, 0.3) is 11.3 Å². The number of carboxylic acids is 1. The first-order chi connectivity index (χ1) is 17.4. The van der Waals surface area contributed by atoms with Gasteiger partial charge < -0.3 is 10.0 Å². The molecule has 1 aliphatic carbocycles. The minimum absolute atomic E-state index is 0.199. The minimum Gasteiger partial charge on any atom is -0.481 e. The van der Waals surface area contributed by atoms with Crippen LogP contribution >= 0.6 is 11.3 Å². The summed E-state index contributed by atoms with van der Waals surface area (Å²) in [5, 5.41) is 16.6. The van der Waals surface area contributed by atoms with E-state index in [1.54, 1.807) is 7.05 Å². The van der Waals surface area contributed by atoms with Crippen LogP contribution in [0.15, 0.2) is 42.0 Å². The molecule has 3 heterocycles. The van der Waals surface area contributed by atoms with Crippen molar-refractivity contribution < 1.29 is 14.7 Å². The molecule has 0 saturated carbocycles. The zero-order valence-corrected chi connectivity index (χ0v) is 21.5. The lowest BCUT2D eigenvalue weighted by atomic mass is 9.80. The van der Waals surface area contributed by atoms with Gasteiger partial charge in [-0.05, 0) is 62.9 Å². The van der Waals surface area contributed by atoms with Gasteiger partial charge in [0.1, 0.15) is 0 Å². The van der Waals surface area contributed by atoms with Gasteiger partial charge in [-0.3, -0.25) is 19.2 Å². The number of nitrogens with zero attached hydrogens (tertiary/aromatic N) is 5. The van der Waals surface area contributed by atoms with Crippen LogP contribution in [0.1, 0.15) is 43.2 Å². The predicted molar refractivity (Wildman–Crippen MR) is 140 cm³/mol. The quantitative estimate of drug-likeness (QED) is 0.469. The summed E-state index contributed by atoms with van der Waals surface area (Å²) in [5.41, 5.74) is 2.81. The van der Waals surface area contributed by atoms with Crippen molar-refractivity contribution in [2.75, 3.05) is 31.6 Å². The van der Waals surface area contributed by atoms with E-state index in [1.807, 2.05) is 46.7 Å². The average Bonchev–Trinajstić information content (AvgIpc) is 3.62. The van der Waals surface area contributed by atoms with Crippen LogP contribution in [0.3, 0.4) is 0 Å². The van der Waals surface area contributed by atoms with Crippen molar-refractivity contribution in [2.24, 2.45) is 5.41 Å². The molecule has 1 amide bonds. The first kappa shape index (κ1) is 24.6. The molecule has 8 nitrogen and oxygen atoms in total. The number of piperidine rings is 1. The molecule has 1 N–H and O–H groups in total. The lowest BCUT2D eigenvalue weighted by Gasteiger charge is -2.30. The van der Waals surface area contributed by atoms with Gasteiger partial charge in [-0.2, -0.15) is 5.10 Å². The molecular formula is C27H33N5O3S. The summed E-state index contributed by atoms with van der Waals surface area (Å²) in [6, 6.07) is 7.84. The van der Waals surface area contributed by atoms with E-state index in [0.29, 0.717) is 18.0 Å². The van der Waals surface area contributed by atoms with Crippen molar-refractivity contribution in [1.82, 2.24) is 19.7 Å². The molecule has 0 atom stereocenters. The van der Waals surface area contributed by atoms with E-state index in [4.69, 9.17) is 4.98 Å². The maximum Gasteiger partial charge on any atom is 0.304 e. The van der Waals surface area contributed by atoms with E-state index >= 15 is 0 Å². The maximum atomic E-state index is 13.7. The fraction of sp³-hybridized carbons (Fsp3) is 0.481. The third-order valence-electron chi connectivity index (χ3n) is 7.44. The number of rotatable bonds is 9. The van der Waals surface area contributed by atoms with Gasteiger partial charge in [0.2, 0.25) is 5.91 Å². The van der Waals surface area contributed by atoms with E-state index < -0.39 is 11.4 Å². The topological polar surface area (TPSA) is 91.6 Å². The molecule has 1 fully saturated rings. The van der Waals surface area contributed by atoms with E-state index in [0.717, 1.165) is 41.9 Å². The molecule has 36 heavy (non-hydrogen) atoms. The van der Waals surface area contributed by atoms with Gasteiger partial charge in [-0.1, -0.05) is 30.7 Å². The van der Waals surface area contributed by atoms with Gasteiger partial charge >= 0.3 is 5.97 Å². The van der Waals surface area contributed by atoms with Crippen LogP contribution in [-0.2, 0) is 29.0 Å². The Morgan fingerprint density at radius 1 is 1.11 bits per heavy atom. The Morgan fingerprint density at radius 2 is 1.83 bits per heavy atom. The Labute approximate surface area is 215 Å². The summed E-state index contributed by atoms with van der Waals surface area (Å²) in [5.74, 6) is -1.16. The highest BCUT2D eigenvalue weighted by atomic mass is 32.1. The number of aliphatic carboxylic acids is 1. The van der Waals surface area contributed by atoms with Gasteiger partial charge in [-0.25, -0.2) is 4.98 Å². The first-order valence-corrected chi connectivity index (χ1v) is 13.6. The Kier molecular flexibility index (Phi) is 7.20. The zero-order valence-electron chi connectivity index (χ0n) is 20.7. The van der Waals surface area contributed by atoms with Gasteiger partial charge in [0.25, 0.3) is 0 Å². The number of amides is 1. The number of benzene rings is 1. The lowest BCUT2D eigenvalue weighted by molar-refractivity contribution is -0.144. The summed E-state index contributed by atoms with van der Waals surface area (Å²) in [6.45, 7) is 4.38. The number of carbonyl (C=O) groups excluding carboxylic acids is 1. The number of aromatic nitrogens is 3. The molecule has 3 aromatic rings. The highest BCUT2D eigenvalue weighted by Gasteiger charge is 2.47. The van der Waals surface area contributed by atoms with Crippen molar-refractivity contribution in [2.45, 2.75) is 51.5 Å². The minimum atomic E-state index is -0.991. The van der Waals surface area contributed by atoms with Crippen molar-refractivity contribution >= 4 is 28.3 Å². The van der Waals surface area contributed by atoms with Crippen LogP contribution in [-0.4, -0.2) is 63.3 Å². The molecule has 2 aliphatic rings. The highest BCUT2D eigenvalue weighted by molar-refractivity contribution is 7.14. The number of thiazole rings is 1. The van der Waals surface area contributed by atoms with Crippen molar-refractivity contribution in [3.8, 4) is 11.3 Å². The zero-order chi connectivity index (χ0) is 25.1. The molecule has 0 spiro atoms. The number of hydrogen-bond donors (Lipinski definition) is 1. The predicted octanol–water partition coefficient (Wildman–Crippen LogP) is 4.11. The number of likely N-dealkylation sites (tertiary alicyclic amines) is 1. The largest absolute Gasteiger partial charge is 0.481 e. The van der Waals surface area contributed by atoms with E-state index in [-0.39, 0.29) is 12.3 Å². The third-order valence-corrected chi connectivity index (χ3v) is 8.36. The number of carbonyl (C=O) groups is 2. The fourth-order valence-corrected chi connectivity index (χ4v) is 6.38. The molecule has 190 valence electrons. The lowest BCUT2D eigenvalue weighted by Crippen LogP contribution is -2.44. The SMILES string of the molecule is CN(C(=O)C1(CC(=O)O)Cc2ccccc2C1)c1nc(-c2cnn(CCCN3CCCCC3)c2)cs1. The van der Waals surface area contributed by atoms with Crippen molar-refractivity contribution in [3.05, 3.63) is 53.2 Å². The molecule has 1 aromatic carbocycles. The van der Waals surface area contributed by atoms with Crippen molar-refractivity contribution in [3.63, 3.8) is 0 Å². The molecule has 9 heteroatoms. The molecular weight excluding hydrogens is 474 g/mol. The molecule has 2 aromatic heterocycles. The number of fused-ring (bicyclic) bond motifs is 1. The third kappa shape index (κ3) is 5.22. The Morgan fingerprint density at radius 3 is 2.53 bits per heavy atom. The van der Waals surface area contributed by atoms with E-state index in [2.05, 4.69) is 10.00 Å². The van der Waals surface area contributed by atoms with Crippen LogP contribution in [0.2, 0.25) is 0 Å².